The van der Waals surface area contributed by atoms with E-state index in [0.717, 1.165) is 18.7 Å². The van der Waals surface area contributed by atoms with Crippen LogP contribution in [0.2, 0.25) is 10.0 Å². The molecule has 1 N–H and O–H groups in total. The van der Waals surface area contributed by atoms with Crippen molar-refractivity contribution in [2.45, 2.75) is 19.1 Å². The smallest absolute Gasteiger partial charge is 0.317 e. The van der Waals surface area contributed by atoms with Gasteiger partial charge < -0.3 is 9.84 Å². The fourth-order valence-corrected chi connectivity index (χ4v) is 3.14. The number of morpholine rings is 1. The molecular weight excluding hydrogens is 339 g/mol. The van der Waals surface area contributed by atoms with Gasteiger partial charge in [-0.1, -0.05) is 29.3 Å². The number of ether oxygens (including phenoxy) is 1. The standard InChI is InChI=1S/C16H22Cl2N2O3/c1-11(12-3-4-14(17)15(18)7-12)20-5-6-23-13(9-20)8-19(2)10-16(21)22/h3-4,7,11,13H,5-6,8-10H2,1-2H3,(H,21,22). The third kappa shape index (κ3) is 5.33. The second kappa shape index (κ2) is 8.31. The first kappa shape index (κ1) is 18.5. The fraction of sp³-hybridized carbons (Fsp3) is 0.562. The Morgan fingerprint density at radius 3 is 2.87 bits per heavy atom. The zero-order chi connectivity index (χ0) is 17.0. The molecule has 1 fully saturated rings. The molecule has 1 heterocycles. The van der Waals surface area contributed by atoms with Gasteiger partial charge in [-0.15, -0.1) is 0 Å². The zero-order valence-electron chi connectivity index (χ0n) is 13.3. The van der Waals surface area contributed by atoms with E-state index in [4.69, 9.17) is 33.0 Å². The minimum absolute atomic E-state index is 0.00155. The van der Waals surface area contributed by atoms with Crippen LogP contribution in [0.3, 0.4) is 0 Å². The maximum Gasteiger partial charge on any atom is 0.317 e. The molecule has 1 aliphatic rings. The van der Waals surface area contributed by atoms with Crippen LogP contribution in [-0.4, -0.2) is 66.8 Å². The molecule has 0 aromatic heterocycles. The Kier molecular flexibility index (Phi) is 6.68. The molecule has 0 aliphatic carbocycles. The number of carboxylic acids is 1. The Bertz CT molecular complexity index is 556. The van der Waals surface area contributed by atoms with Gasteiger partial charge in [-0.25, -0.2) is 0 Å². The third-order valence-electron chi connectivity index (χ3n) is 4.06. The highest BCUT2D eigenvalue weighted by molar-refractivity contribution is 6.42. The summed E-state index contributed by atoms with van der Waals surface area (Å²) in [6.07, 6.45) is -0.00155. The molecular formula is C16H22Cl2N2O3. The van der Waals surface area contributed by atoms with Gasteiger partial charge in [0.2, 0.25) is 0 Å². The monoisotopic (exact) mass is 360 g/mol. The maximum absolute atomic E-state index is 10.8. The molecule has 0 bridgehead atoms. The number of hydrogen-bond donors (Lipinski definition) is 1. The van der Waals surface area contributed by atoms with Crippen molar-refractivity contribution in [3.8, 4) is 0 Å². The van der Waals surface area contributed by atoms with Gasteiger partial charge in [0.05, 0.1) is 29.3 Å². The number of aliphatic carboxylic acids is 1. The molecule has 0 amide bonds. The van der Waals surface area contributed by atoms with Gasteiger partial charge >= 0.3 is 5.97 Å². The lowest BCUT2D eigenvalue weighted by Gasteiger charge is -2.38. The summed E-state index contributed by atoms with van der Waals surface area (Å²) in [6.45, 7) is 4.96. The van der Waals surface area contributed by atoms with Gasteiger partial charge in [0.25, 0.3) is 0 Å². The molecule has 1 aromatic carbocycles. The number of carboxylic acid groups (broad SMARTS) is 1. The van der Waals surface area contributed by atoms with E-state index in [0.29, 0.717) is 23.2 Å². The summed E-state index contributed by atoms with van der Waals surface area (Å²) in [5.41, 5.74) is 1.11. The maximum atomic E-state index is 10.8. The first-order chi connectivity index (χ1) is 10.9. The summed E-state index contributed by atoms with van der Waals surface area (Å²) in [5, 5.41) is 9.95. The highest BCUT2D eigenvalue weighted by atomic mass is 35.5. The van der Waals surface area contributed by atoms with Gasteiger partial charge in [0.15, 0.2) is 0 Å². The zero-order valence-corrected chi connectivity index (χ0v) is 14.8. The van der Waals surface area contributed by atoms with Gasteiger partial charge in [-0.2, -0.15) is 0 Å². The molecule has 2 atom stereocenters. The molecule has 5 nitrogen and oxygen atoms in total. The summed E-state index contributed by atoms with van der Waals surface area (Å²) < 4.78 is 5.77. The average molecular weight is 361 g/mol. The van der Waals surface area contributed by atoms with Crippen molar-refractivity contribution < 1.29 is 14.6 Å². The van der Waals surface area contributed by atoms with Gasteiger partial charge in [-0.05, 0) is 31.7 Å². The van der Waals surface area contributed by atoms with Crippen LogP contribution in [0.1, 0.15) is 18.5 Å². The first-order valence-corrected chi connectivity index (χ1v) is 8.33. The minimum Gasteiger partial charge on any atom is -0.480 e. The van der Waals surface area contributed by atoms with Crippen molar-refractivity contribution in [3.63, 3.8) is 0 Å². The predicted octanol–water partition coefficient (Wildman–Crippen LogP) is 2.77. The lowest BCUT2D eigenvalue weighted by atomic mass is 10.1. The molecule has 0 radical (unpaired) electrons. The molecule has 2 rings (SSSR count). The van der Waals surface area contributed by atoms with Crippen molar-refractivity contribution in [2.24, 2.45) is 0 Å². The molecule has 1 aliphatic heterocycles. The Labute approximate surface area is 146 Å². The molecule has 7 heteroatoms. The Morgan fingerprint density at radius 2 is 2.22 bits per heavy atom. The summed E-state index contributed by atoms with van der Waals surface area (Å²) in [5.74, 6) is -0.829. The van der Waals surface area contributed by atoms with Crippen LogP contribution in [0.25, 0.3) is 0 Å². The van der Waals surface area contributed by atoms with Crippen LogP contribution in [0.15, 0.2) is 18.2 Å². The van der Waals surface area contributed by atoms with E-state index in [9.17, 15) is 4.79 Å². The number of carbonyl (C=O) groups is 1. The lowest BCUT2D eigenvalue weighted by Crippen LogP contribution is -2.48. The second-order valence-electron chi connectivity index (χ2n) is 5.93. The molecule has 2 unspecified atom stereocenters. The summed E-state index contributed by atoms with van der Waals surface area (Å²) in [6, 6.07) is 5.89. The van der Waals surface area contributed by atoms with E-state index in [1.807, 2.05) is 18.2 Å². The Balaban J connectivity index is 1.96. The van der Waals surface area contributed by atoms with Gasteiger partial charge in [0.1, 0.15) is 0 Å². The highest BCUT2D eigenvalue weighted by Crippen LogP contribution is 2.29. The van der Waals surface area contributed by atoms with Crippen molar-refractivity contribution >= 4 is 29.2 Å². The summed E-state index contributed by atoms with van der Waals surface area (Å²) in [4.78, 5) is 14.8. The van der Waals surface area contributed by atoms with Gasteiger partial charge in [0, 0.05) is 25.7 Å². The minimum atomic E-state index is -0.829. The largest absolute Gasteiger partial charge is 0.480 e. The number of hydrogen-bond acceptors (Lipinski definition) is 4. The van der Waals surface area contributed by atoms with Crippen molar-refractivity contribution in [2.75, 3.05) is 39.8 Å². The summed E-state index contributed by atoms with van der Waals surface area (Å²) >= 11 is 12.1. The molecule has 0 spiro atoms. The Morgan fingerprint density at radius 1 is 1.48 bits per heavy atom. The van der Waals surface area contributed by atoms with E-state index in [1.54, 1.807) is 11.9 Å². The molecule has 128 valence electrons. The van der Waals surface area contributed by atoms with Crippen molar-refractivity contribution in [1.29, 1.82) is 0 Å². The number of likely N-dealkylation sites (N-methyl/N-ethyl adjacent to an activating group) is 1. The van der Waals surface area contributed by atoms with E-state index in [1.165, 1.54) is 0 Å². The molecule has 1 saturated heterocycles. The van der Waals surface area contributed by atoms with E-state index in [2.05, 4.69) is 11.8 Å². The SMILES string of the molecule is CC(c1ccc(Cl)c(Cl)c1)N1CCOC(CN(C)CC(=O)O)C1. The number of benzene rings is 1. The first-order valence-electron chi connectivity index (χ1n) is 7.57. The quantitative estimate of drug-likeness (QED) is 0.845. The van der Waals surface area contributed by atoms with Crippen LogP contribution in [0, 0.1) is 0 Å². The highest BCUT2D eigenvalue weighted by Gasteiger charge is 2.26. The topological polar surface area (TPSA) is 53.0 Å². The number of halogens is 2. The lowest BCUT2D eigenvalue weighted by molar-refractivity contribution is -0.138. The van der Waals surface area contributed by atoms with E-state index >= 15 is 0 Å². The predicted molar refractivity (Wildman–Crippen MR) is 91.3 cm³/mol. The third-order valence-corrected chi connectivity index (χ3v) is 4.80. The van der Waals surface area contributed by atoms with Crippen molar-refractivity contribution in [3.05, 3.63) is 33.8 Å². The molecule has 23 heavy (non-hydrogen) atoms. The fourth-order valence-electron chi connectivity index (χ4n) is 2.83. The van der Waals surface area contributed by atoms with Gasteiger partial charge in [-0.3, -0.25) is 14.6 Å². The summed E-state index contributed by atoms with van der Waals surface area (Å²) in [7, 11) is 1.79. The van der Waals surface area contributed by atoms with E-state index < -0.39 is 5.97 Å². The number of nitrogens with zero attached hydrogens (tertiary/aromatic N) is 2. The molecule has 1 aromatic rings. The average Bonchev–Trinajstić information content (AvgIpc) is 2.48. The van der Waals surface area contributed by atoms with Crippen LogP contribution in [0.4, 0.5) is 0 Å². The van der Waals surface area contributed by atoms with Crippen LogP contribution in [0.5, 0.6) is 0 Å². The number of rotatable bonds is 6. The van der Waals surface area contributed by atoms with Crippen LogP contribution in [-0.2, 0) is 9.53 Å². The normalized spacial score (nSPS) is 20.7. The van der Waals surface area contributed by atoms with Crippen LogP contribution < -0.4 is 0 Å². The van der Waals surface area contributed by atoms with Crippen molar-refractivity contribution in [1.82, 2.24) is 9.80 Å². The second-order valence-corrected chi connectivity index (χ2v) is 6.74. The Hall–Kier alpha value is -0.850. The van der Waals surface area contributed by atoms with E-state index in [-0.39, 0.29) is 18.7 Å². The molecule has 0 saturated carbocycles. The van der Waals surface area contributed by atoms with Crippen LogP contribution >= 0.6 is 23.2 Å².